The summed E-state index contributed by atoms with van der Waals surface area (Å²) >= 11 is 0. The summed E-state index contributed by atoms with van der Waals surface area (Å²) in [5.74, 6) is 0.152. The molecule has 0 spiro atoms. The predicted octanol–water partition coefficient (Wildman–Crippen LogP) is 2.54. The van der Waals surface area contributed by atoms with Crippen LogP contribution in [-0.2, 0) is 24.2 Å². The number of carbonyl (C=O) groups excluding carboxylic acids is 1. The molecule has 1 heterocycles. The second-order valence-corrected chi connectivity index (χ2v) is 3.75. The third-order valence-electron chi connectivity index (χ3n) is 2.47. The lowest BCUT2D eigenvalue weighted by Gasteiger charge is -2.01. The predicted molar refractivity (Wildman–Crippen MR) is 65.4 cm³/mol. The first-order valence-electron chi connectivity index (χ1n) is 5.96. The van der Waals surface area contributed by atoms with Gasteiger partial charge in [-0.15, -0.1) is 0 Å². The summed E-state index contributed by atoms with van der Waals surface area (Å²) in [6.07, 6.45) is 5.84. The molecule has 1 aromatic heterocycles. The standard InChI is InChI=1S/C13H20N2O/c1-4-7-8-13(16)10-12-9-11(5-2)14-15(12)6-3/h7-9H,4-6,10H2,1-3H3/b8-7+. The van der Waals surface area contributed by atoms with Gasteiger partial charge in [0.2, 0.25) is 0 Å². The van der Waals surface area contributed by atoms with Gasteiger partial charge in [-0.3, -0.25) is 9.48 Å². The van der Waals surface area contributed by atoms with Crippen LogP contribution in [0.25, 0.3) is 0 Å². The molecule has 3 heteroatoms. The number of allylic oxidation sites excluding steroid dienone is 2. The van der Waals surface area contributed by atoms with Crippen molar-refractivity contribution in [1.82, 2.24) is 9.78 Å². The van der Waals surface area contributed by atoms with Gasteiger partial charge in [-0.1, -0.05) is 19.9 Å². The van der Waals surface area contributed by atoms with Crippen LogP contribution in [0, 0.1) is 0 Å². The highest BCUT2D eigenvalue weighted by molar-refractivity contribution is 5.91. The van der Waals surface area contributed by atoms with Crippen molar-refractivity contribution in [2.24, 2.45) is 0 Å². The zero-order valence-electron chi connectivity index (χ0n) is 10.4. The number of hydrogen-bond donors (Lipinski definition) is 0. The molecule has 16 heavy (non-hydrogen) atoms. The third-order valence-corrected chi connectivity index (χ3v) is 2.47. The Balaban J connectivity index is 2.75. The molecule has 1 aromatic rings. The van der Waals surface area contributed by atoms with E-state index in [1.165, 1.54) is 0 Å². The maximum atomic E-state index is 11.6. The summed E-state index contributed by atoms with van der Waals surface area (Å²) in [7, 11) is 0. The van der Waals surface area contributed by atoms with Gasteiger partial charge in [0.05, 0.1) is 12.1 Å². The third kappa shape index (κ3) is 3.33. The van der Waals surface area contributed by atoms with Gasteiger partial charge in [-0.05, 0) is 31.9 Å². The van der Waals surface area contributed by atoms with Crippen LogP contribution in [0.5, 0.6) is 0 Å². The van der Waals surface area contributed by atoms with Crippen LogP contribution in [0.2, 0.25) is 0 Å². The summed E-state index contributed by atoms with van der Waals surface area (Å²) in [6.45, 7) is 6.96. The van der Waals surface area contributed by atoms with E-state index in [0.29, 0.717) is 6.42 Å². The quantitative estimate of drug-likeness (QED) is 0.690. The second-order valence-electron chi connectivity index (χ2n) is 3.75. The van der Waals surface area contributed by atoms with Crippen molar-refractivity contribution in [2.45, 2.75) is 46.6 Å². The average Bonchev–Trinajstić information content (AvgIpc) is 2.68. The Labute approximate surface area is 97.2 Å². The van der Waals surface area contributed by atoms with Crippen LogP contribution in [0.4, 0.5) is 0 Å². The molecule has 0 aromatic carbocycles. The zero-order valence-corrected chi connectivity index (χ0v) is 10.4. The van der Waals surface area contributed by atoms with Crippen molar-refractivity contribution in [3.05, 3.63) is 29.6 Å². The molecule has 0 aliphatic carbocycles. The van der Waals surface area contributed by atoms with Crippen molar-refractivity contribution in [1.29, 1.82) is 0 Å². The van der Waals surface area contributed by atoms with Crippen molar-refractivity contribution in [3.63, 3.8) is 0 Å². The number of aryl methyl sites for hydroxylation is 2. The fourth-order valence-corrected chi connectivity index (χ4v) is 1.59. The molecule has 0 saturated carbocycles. The topological polar surface area (TPSA) is 34.9 Å². The molecular weight excluding hydrogens is 200 g/mol. The Hall–Kier alpha value is -1.38. The average molecular weight is 220 g/mol. The van der Waals surface area contributed by atoms with Gasteiger partial charge < -0.3 is 0 Å². The molecule has 0 aliphatic rings. The number of carbonyl (C=O) groups is 1. The number of hydrogen-bond acceptors (Lipinski definition) is 2. The highest BCUT2D eigenvalue weighted by Crippen LogP contribution is 2.07. The molecular formula is C13H20N2O. The van der Waals surface area contributed by atoms with E-state index in [1.807, 2.05) is 30.7 Å². The monoisotopic (exact) mass is 220 g/mol. The molecule has 0 radical (unpaired) electrons. The molecule has 3 nitrogen and oxygen atoms in total. The van der Waals surface area contributed by atoms with Crippen molar-refractivity contribution >= 4 is 5.78 Å². The van der Waals surface area contributed by atoms with Crippen molar-refractivity contribution in [2.75, 3.05) is 0 Å². The van der Waals surface area contributed by atoms with Crippen LogP contribution in [0.15, 0.2) is 18.2 Å². The summed E-state index contributed by atoms with van der Waals surface area (Å²) in [4.78, 5) is 11.6. The van der Waals surface area contributed by atoms with Crippen molar-refractivity contribution < 1.29 is 4.79 Å². The molecule has 0 aliphatic heterocycles. The van der Waals surface area contributed by atoms with E-state index in [1.54, 1.807) is 6.08 Å². The Morgan fingerprint density at radius 3 is 2.75 bits per heavy atom. The number of rotatable bonds is 6. The van der Waals surface area contributed by atoms with Crippen LogP contribution in [0.1, 0.15) is 38.6 Å². The maximum absolute atomic E-state index is 11.6. The van der Waals surface area contributed by atoms with Crippen LogP contribution in [-0.4, -0.2) is 15.6 Å². The summed E-state index contributed by atoms with van der Waals surface area (Å²) in [5.41, 5.74) is 2.08. The Morgan fingerprint density at radius 1 is 1.44 bits per heavy atom. The van der Waals surface area contributed by atoms with Crippen LogP contribution in [0.3, 0.4) is 0 Å². The van der Waals surface area contributed by atoms with Crippen molar-refractivity contribution in [3.8, 4) is 0 Å². The Morgan fingerprint density at radius 2 is 2.19 bits per heavy atom. The minimum absolute atomic E-state index is 0.152. The van der Waals surface area contributed by atoms with E-state index in [9.17, 15) is 4.79 Å². The van der Waals surface area contributed by atoms with Crippen LogP contribution >= 0.6 is 0 Å². The fraction of sp³-hybridized carbons (Fsp3) is 0.538. The highest BCUT2D eigenvalue weighted by atomic mass is 16.1. The van der Waals surface area contributed by atoms with E-state index in [0.717, 1.165) is 30.8 Å². The summed E-state index contributed by atoms with van der Waals surface area (Å²) in [6, 6.07) is 2.03. The number of ketones is 1. The largest absolute Gasteiger partial charge is 0.294 e. The molecule has 0 saturated heterocycles. The minimum atomic E-state index is 0.152. The first-order valence-corrected chi connectivity index (χ1v) is 5.96. The van der Waals surface area contributed by atoms with Crippen LogP contribution < -0.4 is 0 Å². The first-order chi connectivity index (χ1) is 7.71. The Bertz CT molecular complexity index is 377. The maximum Gasteiger partial charge on any atom is 0.161 e. The number of aromatic nitrogens is 2. The lowest BCUT2D eigenvalue weighted by atomic mass is 10.2. The normalized spacial score (nSPS) is 11.2. The minimum Gasteiger partial charge on any atom is -0.294 e. The van der Waals surface area contributed by atoms with Gasteiger partial charge >= 0.3 is 0 Å². The molecule has 0 unspecified atom stereocenters. The molecule has 1 rings (SSSR count). The Kier molecular flexibility index (Phi) is 4.96. The van der Waals surface area contributed by atoms with Gasteiger partial charge in [0.1, 0.15) is 0 Å². The lowest BCUT2D eigenvalue weighted by Crippen LogP contribution is -2.07. The fourth-order valence-electron chi connectivity index (χ4n) is 1.59. The highest BCUT2D eigenvalue weighted by Gasteiger charge is 2.08. The first kappa shape index (κ1) is 12.7. The summed E-state index contributed by atoms with van der Waals surface area (Å²) in [5, 5.41) is 4.42. The second kappa shape index (κ2) is 6.26. The van der Waals surface area contributed by atoms with Gasteiger partial charge in [-0.2, -0.15) is 5.10 Å². The summed E-state index contributed by atoms with van der Waals surface area (Å²) < 4.78 is 1.91. The molecule has 88 valence electrons. The van der Waals surface area contributed by atoms with Gasteiger partial charge in [0, 0.05) is 12.2 Å². The molecule has 0 N–H and O–H groups in total. The van der Waals surface area contributed by atoms with Gasteiger partial charge in [0.25, 0.3) is 0 Å². The molecule has 0 amide bonds. The SMILES string of the molecule is CC/C=C/C(=O)Cc1cc(CC)nn1CC. The molecule has 0 bridgehead atoms. The molecule has 0 fully saturated rings. The van der Waals surface area contributed by atoms with Gasteiger partial charge in [-0.25, -0.2) is 0 Å². The lowest BCUT2D eigenvalue weighted by molar-refractivity contribution is -0.114. The van der Waals surface area contributed by atoms with E-state index < -0.39 is 0 Å². The number of nitrogens with zero attached hydrogens (tertiary/aromatic N) is 2. The zero-order chi connectivity index (χ0) is 12.0. The van der Waals surface area contributed by atoms with E-state index >= 15 is 0 Å². The molecule has 0 atom stereocenters. The smallest absolute Gasteiger partial charge is 0.161 e. The van der Waals surface area contributed by atoms with E-state index in [4.69, 9.17) is 0 Å². The van der Waals surface area contributed by atoms with Gasteiger partial charge in [0.15, 0.2) is 5.78 Å². The van der Waals surface area contributed by atoms with E-state index in [2.05, 4.69) is 12.0 Å². The van der Waals surface area contributed by atoms with E-state index in [-0.39, 0.29) is 5.78 Å².